The fourth-order valence-corrected chi connectivity index (χ4v) is 4.77. The highest BCUT2D eigenvalue weighted by Crippen LogP contribution is 2.34. The van der Waals surface area contributed by atoms with Gasteiger partial charge in [-0.3, -0.25) is 19.2 Å². The molecule has 0 spiro atoms. The third-order valence-corrected chi connectivity index (χ3v) is 6.25. The largest absolute Gasteiger partial charge is 0.497 e. The number of methoxy groups -OCH3 is 1. The third kappa shape index (κ3) is 3.38. The lowest BCUT2D eigenvalue weighted by atomic mass is 9.94. The van der Waals surface area contributed by atoms with Gasteiger partial charge in [0, 0.05) is 25.0 Å². The van der Waals surface area contributed by atoms with Gasteiger partial charge in [0.15, 0.2) is 6.17 Å². The molecule has 0 bridgehead atoms. The van der Waals surface area contributed by atoms with Crippen LogP contribution in [0.5, 0.6) is 0 Å². The highest BCUT2D eigenvalue weighted by molar-refractivity contribution is 5.60. The van der Waals surface area contributed by atoms with Gasteiger partial charge in [-0.15, -0.1) is 0 Å². The SMILES string of the molecule is COC1=c2c(=O)[nH]c(=O)n(C3CC3)c2=C(C)C(N2CC(CN)C(OC(F)F)C2)C1F. The van der Waals surface area contributed by atoms with Crippen molar-refractivity contribution in [2.45, 2.75) is 50.7 Å². The highest BCUT2D eigenvalue weighted by atomic mass is 19.3. The number of rotatable bonds is 6. The molecule has 1 aliphatic heterocycles. The molecular weight excluding hydrogens is 405 g/mol. The molecular formula is C19H25F3N4O4. The number of halogens is 3. The molecule has 2 heterocycles. The second-order valence-electron chi connectivity index (χ2n) is 8.07. The number of nitrogens with zero attached hydrogens (tertiary/aromatic N) is 2. The zero-order valence-electron chi connectivity index (χ0n) is 16.7. The first-order valence-electron chi connectivity index (χ1n) is 9.94. The molecule has 4 rings (SSSR count). The summed E-state index contributed by atoms with van der Waals surface area (Å²) < 4.78 is 52.8. The molecule has 30 heavy (non-hydrogen) atoms. The zero-order chi connectivity index (χ0) is 21.7. The van der Waals surface area contributed by atoms with Crippen LogP contribution in [0.1, 0.15) is 25.8 Å². The molecule has 0 amide bonds. The van der Waals surface area contributed by atoms with Crippen LogP contribution in [0, 0.1) is 5.92 Å². The van der Waals surface area contributed by atoms with Crippen molar-refractivity contribution >= 4 is 11.3 Å². The van der Waals surface area contributed by atoms with E-state index < -0.39 is 42.1 Å². The lowest BCUT2D eigenvalue weighted by Crippen LogP contribution is -2.61. The van der Waals surface area contributed by atoms with Crippen molar-refractivity contribution in [1.82, 2.24) is 14.5 Å². The van der Waals surface area contributed by atoms with Crippen LogP contribution in [-0.4, -0.2) is 66.1 Å². The van der Waals surface area contributed by atoms with E-state index in [4.69, 9.17) is 15.2 Å². The lowest BCUT2D eigenvalue weighted by Gasteiger charge is -2.34. The van der Waals surface area contributed by atoms with E-state index >= 15 is 4.39 Å². The van der Waals surface area contributed by atoms with E-state index in [2.05, 4.69) is 4.98 Å². The van der Waals surface area contributed by atoms with Crippen molar-refractivity contribution in [1.29, 1.82) is 0 Å². The van der Waals surface area contributed by atoms with Gasteiger partial charge in [-0.25, -0.2) is 9.18 Å². The molecule has 8 nitrogen and oxygen atoms in total. The molecule has 3 N–H and O–H groups in total. The fourth-order valence-electron chi connectivity index (χ4n) is 4.77. The van der Waals surface area contributed by atoms with E-state index in [1.54, 1.807) is 11.8 Å². The molecule has 0 radical (unpaired) electrons. The maximum absolute atomic E-state index is 15.7. The number of H-pyrrole nitrogens is 1. The summed E-state index contributed by atoms with van der Waals surface area (Å²) in [6.07, 6.45) is -0.994. The van der Waals surface area contributed by atoms with Crippen LogP contribution in [0.15, 0.2) is 9.59 Å². The van der Waals surface area contributed by atoms with Crippen molar-refractivity contribution in [3.63, 3.8) is 0 Å². The van der Waals surface area contributed by atoms with E-state index in [-0.39, 0.29) is 36.7 Å². The Morgan fingerprint density at radius 2 is 1.97 bits per heavy atom. The Bertz CT molecular complexity index is 1070. The van der Waals surface area contributed by atoms with Crippen LogP contribution in [0.4, 0.5) is 13.2 Å². The average molecular weight is 430 g/mol. The molecule has 4 unspecified atom stereocenters. The number of ether oxygens (including phenoxy) is 2. The quantitative estimate of drug-likeness (QED) is 0.601. The number of hydrogen-bond acceptors (Lipinski definition) is 6. The molecule has 1 aromatic rings. The molecule has 166 valence electrons. The number of nitrogens with one attached hydrogen (secondary N) is 1. The fraction of sp³-hybridized carbons (Fsp3) is 0.684. The van der Waals surface area contributed by atoms with E-state index in [9.17, 15) is 18.4 Å². The topological polar surface area (TPSA) is 103 Å². The van der Waals surface area contributed by atoms with Gasteiger partial charge < -0.3 is 15.2 Å². The Labute approximate surface area is 169 Å². The molecule has 2 fully saturated rings. The minimum absolute atomic E-state index is 0.0141. The number of nitrogens with two attached hydrogens (primary N) is 1. The number of hydrogen-bond donors (Lipinski definition) is 2. The van der Waals surface area contributed by atoms with Gasteiger partial charge in [0.1, 0.15) is 11.0 Å². The first-order valence-corrected chi connectivity index (χ1v) is 9.94. The smallest absolute Gasteiger partial charge is 0.345 e. The van der Waals surface area contributed by atoms with Gasteiger partial charge in [0.2, 0.25) is 0 Å². The van der Waals surface area contributed by atoms with Gasteiger partial charge in [0.05, 0.1) is 24.6 Å². The zero-order valence-corrected chi connectivity index (χ0v) is 16.7. The van der Waals surface area contributed by atoms with Gasteiger partial charge in [-0.1, -0.05) is 0 Å². The Kier molecular flexibility index (Phi) is 5.54. The summed E-state index contributed by atoms with van der Waals surface area (Å²) in [6.45, 7) is -0.876. The minimum Gasteiger partial charge on any atom is -0.497 e. The summed E-state index contributed by atoms with van der Waals surface area (Å²) in [5.41, 5.74) is 4.96. The van der Waals surface area contributed by atoms with E-state index in [1.807, 2.05) is 0 Å². The monoisotopic (exact) mass is 430 g/mol. The highest BCUT2D eigenvalue weighted by Gasteiger charge is 2.45. The van der Waals surface area contributed by atoms with Crippen molar-refractivity contribution in [3.05, 3.63) is 31.4 Å². The van der Waals surface area contributed by atoms with Gasteiger partial charge >= 0.3 is 12.3 Å². The molecule has 2 aliphatic carbocycles. The molecule has 11 heteroatoms. The molecule has 1 aromatic heterocycles. The summed E-state index contributed by atoms with van der Waals surface area (Å²) in [7, 11) is 1.27. The molecule has 1 saturated carbocycles. The molecule has 1 saturated heterocycles. The van der Waals surface area contributed by atoms with Crippen molar-refractivity contribution in [2.24, 2.45) is 11.7 Å². The summed E-state index contributed by atoms with van der Waals surface area (Å²) in [5.74, 6) is -0.560. The van der Waals surface area contributed by atoms with Gasteiger partial charge in [0.25, 0.3) is 5.56 Å². The van der Waals surface area contributed by atoms with Crippen LogP contribution < -0.4 is 27.6 Å². The number of fused-ring (bicyclic) bond motifs is 1. The number of aromatic nitrogens is 2. The van der Waals surface area contributed by atoms with Crippen molar-refractivity contribution < 1.29 is 22.6 Å². The summed E-state index contributed by atoms with van der Waals surface area (Å²) in [6, 6.07) is -0.961. The maximum Gasteiger partial charge on any atom is 0.345 e. The van der Waals surface area contributed by atoms with E-state index in [0.717, 1.165) is 12.8 Å². The number of alkyl halides is 3. The summed E-state index contributed by atoms with van der Waals surface area (Å²) >= 11 is 0. The predicted octanol–water partition coefficient (Wildman–Crippen LogP) is -0.985. The first kappa shape index (κ1) is 21.1. The van der Waals surface area contributed by atoms with Crippen LogP contribution in [-0.2, 0) is 9.47 Å². The minimum atomic E-state index is -2.96. The summed E-state index contributed by atoms with van der Waals surface area (Å²) in [5, 5.41) is 0.365. The summed E-state index contributed by atoms with van der Waals surface area (Å²) in [4.78, 5) is 29.0. The third-order valence-electron chi connectivity index (χ3n) is 6.25. The van der Waals surface area contributed by atoms with E-state index in [0.29, 0.717) is 10.9 Å². The number of likely N-dealkylation sites (tertiary alicyclic amines) is 1. The maximum atomic E-state index is 15.7. The molecule has 0 aromatic carbocycles. The van der Waals surface area contributed by atoms with Crippen LogP contribution in [0.3, 0.4) is 0 Å². The van der Waals surface area contributed by atoms with Crippen LogP contribution in [0.25, 0.3) is 11.3 Å². The molecule has 4 atom stereocenters. The second kappa shape index (κ2) is 7.86. The lowest BCUT2D eigenvalue weighted by molar-refractivity contribution is -0.167. The van der Waals surface area contributed by atoms with E-state index in [1.165, 1.54) is 11.7 Å². The standard InChI is InChI=1S/C19H25F3N4O4/c1-8-14-12(17(27)24-19(28)26(14)10-3-4-10)16(29-2)13(20)15(8)25-6-9(5-23)11(7-25)30-18(21)22/h9-11,13,15,18H,3-7,23H2,1-2H3,(H,24,27,28). The van der Waals surface area contributed by atoms with Crippen LogP contribution in [0.2, 0.25) is 0 Å². The normalized spacial score (nSPS) is 29.6. The second-order valence-corrected chi connectivity index (χ2v) is 8.07. The van der Waals surface area contributed by atoms with Gasteiger partial charge in [-0.05, 0) is 31.9 Å². The van der Waals surface area contributed by atoms with Crippen molar-refractivity contribution in [2.75, 3.05) is 26.7 Å². The van der Waals surface area contributed by atoms with Gasteiger partial charge in [-0.2, -0.15) is 8.78 Å². The van der Waals surface area contributed by atoms with Crippen LogP contribution >= 0.6 is 0 Å². The first-order chi connectivity index (χ1) is 14.3. The Hall–Kier alpha value is -2.11. The molecule has 3 aliphatic rings. The number of aromatic amines is 1. The Morgan fingerprint density at radius 3 is 2.53 bits per heavy atom. The Balaban J connectivity index is 1.88. The predicted molar refractivity (Wildman–Crippen MR) is 102 cm³/mol. The average Bonchev–Trinajstić information content (AvgIpc) is 3.43. The van der Waals surface area contributed by atoms with Crippen molar-refractivity contribution in [3.8, 4) is 0 Å². The Morgan fingerprint density at radius 1 is 1.27 bits per heavy atom.